The summed E-state index contributed by atoms with van der Waals surface area (Å²) in [5.41, 5.74) is 5.58. The number of anilines is 1. The Labute approximate surface area is 134 Å². The van der Waals surface area contributed by atoms with Crippen LogP contribution in [0.1, 0.15) is 36.2 Å². The van der Waals surface area contributed by atoms with E-state index in [1.54, 1.807) is 23.1 Å². The van der Waals surface area contributed by atoms with E-state index in [0.717, 1.165) is 12.8 Å². The molecular weight excluding hydrogens is 324 g/mol. The summed E-state index contributed by atoms with van der Waals surface area (Å²) in [4.78, 5) is 23.5. The molecule has 1 fully saturated rings. The van der Waals surface area contributed by atoms with Crippen LogP contribution in [0.4, 0.5) is 5.00 Å². The highest BCUT2D eigenvalue weighted by Crippen LogP contribution is 2.37. The second-order valence-corrected chi connectivity index (χ2v) is 7.14. The summed E-state index contributed by atoms with van der Waals surface area (Å²) in [6.45, 7) is 1.77. The molecule has 0 saturated heterocycles. The van der Waals surface area contributed by atoms with Gasteiger partial charge in [0.25, 0.3) is 5.91 Å². The number of carbonyl (C=O) groups excluding carboxylic acids is 2. The van der Waals surface area contributed by atoms with Crippen molar-refractivity contribution in [2.75, 3.05) is 5.32 Å². The first-order valence-corrected chi connectivity index (χ1v) is 8.45. The quantitative estimate of drug-likeness (QED) is 0.767. The van der Waals surface area contributed by atoms with E-state index >= 15 is 0 Å². The third-order valence-electron chi connectivity index (χ3n) is 3.17. The van der Waals surface area contributed by atoms with Gasteiger partial charge in [-0.1, -0.05) is 11.8 Å². The maximum atomic E-state index is 12.3. The van der Waals surface area contributed by atoms with Gasteiger partial charge < -0.3 is 11.1 Å². The van der Waals surface area contributed by atoms with E-state index in [2.05, 4.69) is 20.8 Å². The van der Waals surface area contributed by atoms with Gasteiger partial charge in [0, 0.05) is 0 Å². The van der Waals surface area contributed by atoms with Crippen molar-refractivity contribution in [2.24, 2.45) is 5.73 Å². The number of hydrogen-bond donors (Lipinski definition) is 2. The Balaban J connectivity index is 1.65. The van der Waals surface area contributed by atoms with Gasteiger partial charge in [0.1, 0.15) is 5.00 Å². The van der Waals surface area contributed by atoms with Crippen molar-refractivity contribution in [1.82, 2.24) is 20.2 Å². The van der Waals surface area contributed by atoms with Crippen LogP contribution in [0, 0.1) is 0 Å². The highest BCUT2D eigenvalue weighted by atomic mass is 32.2. The van der Waals surface area contributed by atoms with Gasteiger partial charge in [0.15, 0.2) is 0 Å². The number of carbonyl (C=O) groups is 2. The van der Waals surface area contributed by atoms with E-state index in [9.17, 15) is 9.59 Å². The predicted octanol–water partition coefficient (Wildman–Crippen LogP) is 1.29. The number of nitrogens with one attached hydrogen (secondary N) is 1. The van der Waals surface area contributed by atoms with Gasteiger partial charge in [-0.25, -0.2) is 4.68 Å². The topological polar surface area (TPSA) is 116 Å². The van der Waals surface area contributed by atoms with E-state index in [4.69, 9.17) is 5.73 Å². The van der Waals surface area contributed by atoms with Crippen molar-refractivity contribution in [3.63, 3.8) is 0 Å². The number of primary amides is 1. The Morgan fingerprint density at radius 3 is 3.00 bits per heavy atom. The third kappa shape index (κ3) is 3.12. The van der Waals surface area contributed by atoms with Crippen LogP contribution in [0.15, 0.2) is 16.6 Å². The summed E-state index contributed by atoms with van der Waals surface area (Å²) in [6.07, 6.45) is 2.13. The van der Waals surface area contributed by atoms with Crippen LogP contribution < -0.4 is 11.1 Å². The summed E-state index contributed by atoms with van der Waals surface area (Å²) in [5.74, 6) is -0.783. The van der Waals surface area contributed by atoms with Crippen LogP contribution in [0.5, 0.6) is 0 Å². The summed E-state index contributed by atoms with van der Waals surface area (Å²) in [6, 6.07) is 1.94. The number of tetrazole rings is 1. The molecule has 3 N–H and O–H groups in total. The number of hydrogen-bond acceptors (Lipinski definition) is 7. The molecule has 2 heterocycles. The van der Waals surface area contributed by atoms with Crippen molar-refractivity contribution >= 4 is 39.9 Å². The Kier molecular flexibility index (Phi) is 4.12. The fourth-order valence-corrected chi connectivity index (χ4v) is 3.49. The number of amides is 2. The molecule has 1 aliphatic rings. The first kappa shape index (κ1) is 15.0. The number of thiophene rings is 1. The molecule has 3 rings (SSSR count). The van der Waals surface area contributed by atoms with Gasteiger partial charge in [-0.05, 0) is 41.6 Å². The minimum atomic E-state index is -0.561. The van der Waals surface area contributed by atoms with Crippen molar-refractivity contribution in [2.45, 2.75) is 36.2 Å². The maximum absolute atomic E-state index is 12.3. The third-order valence-corrected chi connectivity index (χ3v) is 5.05. The zero-order valence-electron chi connectivity index (χ0n) is 11.7. The van der Waals surface area contributed by atoms with Crippen molar-refractivity contribution in [3.8, 4) is 0 Å². The molecule has 116 valence electrons. The lowest BCUT2D eigenvalue weighted by Gasteiger charge is -2.11. The molecule has 2 aromatic heterocycles. The monoisotopic (exact) mass is 338 g/mol. The molecule has 0 unspecified atom stereocenters. The molecule has 0 aromatic carbocycles. The molecule has 2 aromatic rings. The molecule has 2 amide bonds. The second-order valence-electron chi connectivity index (χ2n) is 4.91. The van der Waals surface area contributed by atoms with Gasteiger partial charge in [-0.15, -0.1) is 16.4 Å². The Morgan fingerprint density at radius 1 is 1.55 bits per heavy atom. The Morgan fingerprint density at radius 2 is 2.32 bits per heavy atom. The lowest BCUT2D eigenvalue weighted by Crippen LogP contribution is -2.24. The van der Waals surface area contributed by atoms with Gasteiger partial charge in [0.05, 0.1) is 16.9 Å². The average Bonchev–Trinajstić information content (AvgIpc) is 3.03. The van der Waals surface area contributed by atoms with Crippen molar-refractivity contribution in [3.05, 3.63) is 17.0 Å². The van der Waals surface area contributed by atoms with E-state index in [1.807, 2.05) is 0 Å². The standard InChI is InChI=1S/C12H14N6O2S2/c1-6(22-12-15-16-17-18(12)7-2-3-7)10(20)14-11-8(9(13)19)4-5-21-11/h4-7H,2-3H2,1H3,(H2,13,19)(H,14,20)/t6-/m1/s1. The lowest BCUT2D eigenvalue weighted by molar-refractivity contribution is -0.115. The highest BCUT2D eigenvalue weighted by molar-refractivity contribution is 8.00. The van der Waals surface area contributed by atoms with Crippen LogP contribution >= 0.6 is 23.1 Å². The fourth-order valence-electron chi connectivity index (χ4n) is 1.84. The molecule has 0 radical (unpaired) electrons. The summed E-state index contributed by atoms with van der Waals surface area (Å²) < 4.78 is 1.76. The molecule has 0 bridgehead atoms. The smallest absolute Gasteiger partial charge is 0.251 e. The molecule has 8 nitrogen and oxygen atoms in total. The van der Waals surface area contributed by atoms with Crippen LogP contribution in [0.2, 0.25) is 0 Å². The zero-order valence-corrected chi connectivity index (χ0v) is 13.4. The van der Waals surface area contributed by atoms with E-state index in [-0.39, 0.29) is 5.91 Å². The van der Waals surface area contributed by atoms with Crippen LogP contribution in [0.25, 0.3) is 0 Å². The zero-order chi connectivity index (χ0) is 15.7. The largest absolute Gasteiger partial charge is 0.366 e. The Bertz CT molecular complexity index is 708. The number of aromatic nitrogens is 4. The van der Waals surface area contributed by atoms with Gasteiger partial charge in [-0.3, -0.25) is 9.59 Å². The first-order chi connectivity index (χ1) is 10.6. The molecule has 0 aliphatic heterocycles. The average molecular weight is 338 g/mol. The van der Waals surface area contributed by atoms with Gasteiger partial charge >= 0.3 is 0 Å². The second kappa shape index (κ2) is 6.05. The maximum Gasteiger partial charge on any atom is 0.251 e. The van der Waals surface area contributed by atoms with E-state index in [0.29, 0.717) is 21.8 Å². The highest BCUT2D eigenvalue weighted by Gasteiger charge is 2.29. The molecule has 1 aliphatic carbocycles. The number of nitrogens with zero attached hydrogens (tertiary/aromatic N) is 4. The van der Waals surface area contributed by atoms with Crippen LogP contribution in [-0.4, -0.2) is 37.3 Å². The normalized spacial score (nSPS) is 15.5. The molecule has 10 heteroatoms. The lowest BCUT2D eigenvalue weighted by atomic mass is 10.3. The predicted molar refractivity (Wildman–Crippen MR) is 82.9 cm³/mol. The summed E-state index contributed by atoms with van der Waals surface area (Å²) in [7, 11) is 0. The Hall–Kier alpha value is -1.94. The molecule has 0 spiro atoms. The minimum absolute atomic E-state index is 0.222. The van der Waals surface area contributed by atoms with Crippen LogP contribution in [-0.2, 0) is 4.79 Å². The van der Waals surface area contributed by atoms with Crippen molar-refractivity contribution in [1.29, 1.82) is 0 Å². The first-order valence-electron chi connectivity index (χ1n) is 6.69. The molecular formula is C12H14N6O2S2. The minimum Gasteiger partial charge on any atom is -0.366 e. The molecule has 22 heavy (non-hydrogen) atoms. The summed E-state index contributed by atoms with van der Waals surface area (Å²) in [5, 5.41) is 16.7. The summed E-state index contributed by atoms with van der Waals surface area (Å²) >= 11 is 2.55. The molecule has 1 atom stereocenters. The van der Waals surface area contributed by atoms with Gasteiger partial charge in [-0.2, -0.15) is 0 Å². The number of thioether (sulfide) groups is 1. The van der Waals surface area contributed by atoms with Gasteiger partial charge in [0.2, 0.25) is 11.1 Å². The number of nitrogens with two attached hydrogens (primary N) is 1. The van der Waals surface area contributed by atoms with E-state index in [1.165, 1.54) is 23.1 Å². The van der Waals surface area contributed by atoms with Crippen molar-refractivity contribution < 1.29 is 9.59 Å². The van der Waals surface area contributed by atoms with E-state index < -0.39 is 11.2 Å². The number of rotatable bonds is 6. The fraction of sp³-hybridized carbons (Fsp3) is 0.417. The van der Waals surface area contributed by atoms with Crippen LogP contribution in [0.3, 0.4) is 0 Å². The molecule has 1 saturated carbocycles. The SMILES string of the molecule is C[C@@H](Sc1nnnn1C1CC1)C(=O)Nc1sccc1C(N)=O.